The lowest BCUT2D eigenvalue weighted by molar-refractivity contribution is 0.564. The molecule has 1 aromatic rings. The molecule has 15 heavy (non-hydrogen) atoms. The molecule has 2 rings (SSSR count). The molecule has 82 valence electrons. The Morgan fingerprint density at radius 2 is 2.07 bits per heavy atom. The number of halogens is 1. The maximum Gasteiger partial charge on any atom is 0.123 e. The van der Waals surface area contributed by atoms with Crippen LogP contribution in [0.3, 0.4) is 0 Å². The Bertz CT molecular complexity index is 310. The number of hydrogen-bond donors (Lipinski definition) is 1. The molecular weight excluding hydrogens is 191 g/mol. The van der Waals surface area contributed by atoms with Crippen molar-refractivity contribution in [2.45, 2.75) is 6.92 Å². The maximum atomic E-state index is 12.8. The van der Waals surface area contributed by atoms with Crippen molar-refractivity contribution in [3.8, 4) is 0 Å². The van der Waals surface area contributed by atoms with Gasteiger partial charge in [-0.1, -0.05) is 6.92 Å². The van der Waals surface area contributed by atoms with Gasteiger partial charge in [0.25, 0.3) is 0 Å². The third-order valence-corrected chi connectivity index (χ3v) is 2.78. The molecule has 1 N–H and O–H groups in total. The number of nitrogens with zero attached hydrogens (tertiary/aromatic N) is 1. The van der Waals surface area contributed by atoms with Crippen molar-refractivity contribution >= 4 is 5.69 Å². The van der Waals surface area contributed by atoms with Gasteiger partial charge < -0.3 is 10.2 Å². The summed E-state index contributed by atoms with van der Waals surface area (Å²) in [6.45, 7) is 6.34. The summed E-state index contributed by atoms with van der Waals surface area (Å²) in [7, 11) is 0. The summed E-state index contributed by atoms with van der Waals surface area (Å²) in [5, 5.41) is 3.39. The van der Waals surface area contributed by atoms with Crippen LogP contribution >= 0.6 is 0 Å². The minimum atomic E-state index is -0.167. The summed E-state index contributed by atoms with van der Waals surface area (Å²) in [5.41, 5.74) is 1.12. The SMILES string of the molecule is CC1CNCCN(c2ccc(F)cc2)C1. The lowest BCUT2D eigenvalue weighted by Gasteiger charge is -2.24. The van der Waals surface area contributed by atoms with Gasteiger partial charge in [0, 0.05) is 25.3 Å². The van der Waals surface area contributed by atoms with E-state index in [-0.39, 0.29) is 5.82 Å². The van der Waals surface area contributed by atoms with Gasteiger partial charge in [0.05, 0.1) is 0 Å². The number of benzene rings is 1. The molecule has 1 atom stereocenters. The van der Waals surface area contributed by atoms with Crippen molar-refractivity contribution in [3.05, 3.63) is 30.1 Å². The lowest BCUT2D eigenvalue weighted by atomic mass is 10.1. The average Bonchev–Trinajstić information content (AvgIpc) is 2.44. The van der Waals surface area contributed by atoms with E-state index in [9.17, 15) is 4.39 Å². The van der Waals surface area contributed by atoms with Crippen LogP contribution in [0.4, 0.5) is 10.1 Å². The van der Waals surface area contributed by atoms with E-state index in [1.165, 1.54) is 12.1 Å². The van der Waals surface area contributed by atoms with Crippen LogP contribution in [0.15, 0.2) is 24.3 Å². The number of nitrogens with one attached hydrogen (secondary N) is 1. The first kappa shape index (κ1) is 10.4. The van der Waals surface area contributed by atoms with Crippen molar-refractivity contribution < 1.29 is 4.39 Å². The van der Waals surface area contributed by atoms with E-state index in [4.69, 9.17) is 0 Å². The average molecular weight is 208 g/mol. The molecule has 1 fully saturated rings. The molecule has 0 radical (unpaired) electrons. The molecule has 1 heterocycles. The fourth-order valence-corrected chi connectivity index (χ4v) is 1.98. The molecular formula is C12H17FN2. The number of anilines is 1. The highest BCUT2D eigenvalue weighted by Crippen LogP contribution is 2.16. The van der Waals surface area contributed by atoms with Gasteiger partial charge in [0.15, 0.2) is 0 Å². The highest BCUT2D eigenvalue weighted by atomic mass is 19.1. The van der Waals surface area contributed by atoms with Gasteiger partial charge in [-0.25, -0.2) is 4.39 Å². The Labute approximate surface area is 90.1 Å². The van der Waals surface area contributed by atoms with Crippen molar-refractivity contribution in [2.75, 3.05) is 31.1 Å². The highest BCUT2D eigenvalue weighted by Gasteiger charge is 2.14. The van der Waals surface area contributed by atoms with Gasteiger partial charge in [0.1, 0.15) is 5.82 Å². The second-order valence-electron chi connectivity index (χ2n) is 4.23. The van der Waals surface area contributed by atoms with Gasteiger partial charge in [-0.3, -0.25) is 0 Å². The zero-order valence-corrected chi connectivity index (χ0v) is 9.04. The van der Waals surface area contributed by atoms with E-state index in [1.807, 2.05) is 12.1 Å². The minimum absolute atomic E-state index is 0.167. The molecule has 0 bridgehead atoms. The second kappa shape index (κ2) is 4.62. The van der Waals surface area contributed by atoms with E-state index in [0.29, 0.717) is 5.92 Å². The summed E-state index contributed by atoms with van der Waals surface area (Å²) in [4.78, 5) is 2.31. The van der Waals surface area contributed by atoms with Crippen LogP contribution < -0.4 is 10.2 Å². The summed E-state index contributed by atoms with van der Waals surface area (Å²) in [5.74, 6) is 0.470. The zero-order chi connectivity index (χ0) is 10.7. The lowest BCUT2D eigenvalue weighted by Crippen LogP contribution is -2.29. The van der Waals surface area contributed by atoms with Crippen molar-refractivity contribution in [3.63, 3.8) is 0 Å². The first-order valence-electron chi connectivity index (χ1n) is 5.47. The molecule has 1 unspecified atom stereocenters. The minimum Gasteiger partial charge on any atom is -0.370 e. The third kappa shape index (κ3) is 2.69. The Kier molecular flexibility index (Phi) is 3.21. The molecule has 1 aliphatic heterocycles. The van der Waals surface area contributed by atoms with Crippen LogP contribution in [-0.4, -0.2) is 26.2 Å². The number of hydrogen-bond acceptors (Lipinski definition) is 2. The van der Waals surface area contributed by atoms with Crippen LogP contribution in [0, 0.1) is 11.7 Å². The summed E-state index contributed by atoms with van der Waals surface area (Å²) < 4.78 is 12.8. The van der Waals surface area contributed by atoms with Crippen LogP contribution in [0.25, 0.3) is 0 Å². The Morgan fingerprint density at radius 3 is 2.80 bits per heavy atom. The quantitative estimate of drug-likeness (QED) is 0.758. The van der Waals surface area contributed by atoms with Crippen LogP contribution in [-0.2, 0) is 0 Å². The summed E-state index contributed by atoms with van der Waals surface area (Å²) >= 11 is 0. The van der Waals surface area contributed by atoms with Crippen LogP contribution in [0.1, 0.15) is 6.92 Å². The predicted octanol–water partition coefficient (Wildman–Crippen LogP) is 1.87. The molecule has 1 aromatic carbocycles. The van der Waals surface area contributed by atoms with Crippen molar-refractivity contribution in [2.24, 2.45) is 5.92 Å². The van der Waals surface area contributed by atoms with E-state index in [1.54, 1.807) is 0 Å². The van der Waals surface area contributed by atoms with Crippen molar-refractivity contribution in [1.29, 1.82) is 0 Å². The smallest absolute Gasteiger partial charge is 0.123 e. The molecule has 1 saturated heterocycles. The Hall–Kier alpha value is -1.09. The van der Waals surface area contributed by atoms with Crippen LogP contribution in [0.5, 0.6) is 0 Å². The van der Waals surface area contributed by atoms with Gasteiger partial charge >= 0.3 is 0 Å². The first-order chi connectivity index (χ1) is 7.25. The third-order valence-electron chi connectivity index (χ3n) is 2.78. The van der Waals surface area contributed by atoms with Gasteiger partial charge in [-0.15, -0.1) is 0 Å². The van der Waals surface area contributed by atoms with E-state index < -0.39 is 0 Å². The standard InChI is InChI=1S/C12H17FN2/c1-10-8-14-6-7-15(9-10)12-4-2-11(13)3-5-12/h2-5,10,14H,6-9H2,1H3. The first-order valence-corrected chi connectivity index (χ1v) is 5.47. The number of rotatable bonds is 1. The summed E-state index contributed by atoms with van der Waals surface area (Å²) in [6, 6.07) is 6.76. The molecule has 0 amide bonds. The normalized spacial score (nSPS) is 22.5. The van der Waals surface area contributed by atoms with Gasteiger partial charge in [-0.05, 0) is 36.7 Å². The fraction of sp³-hybridized carbons (Fsp3) is 0.500. The second-order valence-corrected chi connectivity index (χ2v) is 4.23. The molecule has 0 spiro atoms. The molecule has 0 aromatic heterocycles. The molecule has 0 saturated carbocycles. The predicted molar refractivity (Wildman–Crippen MR) is 60.6 cm³/mol. The van der Waals surface area contributed by atoms with Crippen molar-refractivity contribution in [1.82, 2.24) is 5.32 Å². The molecule has 2 nitrogen and oxygen atoms in total. The topological polar surface area (TPSA) is 15.3 Å². The van der Waals surface area contributed by atoms with Gasteiger partial charge in [-0.2, -0.15) is 0 Å². The van der Waals surface area contributed by atoms with E-state index in [0.717, 1.165) is 31.9 Å². The molecule has 0 aliphatic carbocycles. The largest absolute Gasteiger partial charge is 0.370 e. The van der Waals surface area contributed by atoms with E-state index >= 15 is 0 Å². The molecule has 1 aliphatic rings. The molecule has 3 heteroatoms. The Balaban J connectivity index is 2.11. The van der Waals surface area contributed by atoms with Gasteiger partial charge in [0.2, 0.25) is 0 Å². The maximum absolute atomic E-state index is 12.8. The zero-order valence-electron chi connectivity index (χ0n) is 9.04. The Morgan fingerprint density at radius 1 is 1.33 bits per heavy atom. The summed E-state index contributed by atoms with van der Waals surface area (Å²) in [6.07, 6.45) is 0. The fourth-order valence-electron chi connectivity index (χ4n) is 1.98. The highest BCUT2D eigenvalue weighted by molar-refractivity contribution is 5.46. The van der Waals surface area contributed by atoms with Crippen LogP contribution in [0.2, 0.25) is 0 Å². The monoisotopic (exact) mass is 208 g/mol. The van der Waals surface area contributed by atoms with E-state index in [2.05, 4.69) is 17.1 Å².